The van der Waals surface area contributed by atoms with Crippen LogP contribution in [0.1, 0.15) is 26.7 Å². The van der Waals surface area contributed by atoms with Crippen LogP contribution in [-0.4, -0.2) is 43.8 Å². The third-order valence-electron chi connectivity index (χ3n) is 2.99. The minimum atomic E-state index is -4.06. The Morgan fingerprint density at radius 3 is 2.65 bits per heavy atom. The molecule has 1 atom stereocenters. The fourth-order valence-corrected chi connectivity index (χ4v) is 2.29. The van der Waals surface area contributed by atoms with Crippen LogP contribution in [0.25, 0.3) is 0 Å². The van der Waals surface area contributed by atoms with Crippen molar-refractivity contribution in [1.29, 1.82) is 0 Å². The topological polar surface area (TPSA) is 15.3 Å². The van der Waals surface area contributed by atoms with Gasteiger partial charge >= 0.3 is 6.18 Å². The van der Waals surface area contributed by atoms with E-state index in [1.807, 2.05) is 0 Å². The van der Waals surface area contributed by atoms with Crippen molar-refractivity contribution in [1.82, 2.24) is 10.2 Å². The largest absolute Gasteiger partial charge is 0.401 e. The summed E-state index contributed by atoms with van der Waals surface area (Å²) in [6.07, 6.45) is -2.14. The molecular formula is C12H23F3N2. The molecule has 1 aliphatic rings. The van der Waals surface area contributed by atoms with Gasteiger partial charge in [-0.2, -0.15) is 13.2 Å². The molecule has 1 aliphatic heterocycles. The number of alkyl halides is 3. The van der Waals surface area contributed by atoms with Gasteiger partial charge in [-0.15, -0.1) is 0 Å². The Bertz CT molecular complexity index is 216. The summed E-state index contributed by atoms with van der Waals surface area (Å²) in [7, 11) is 0. The molecule has 1 saturated heterocycles. The second kappa shape index (κ2) is 6.59. The number of rotatable bonds is 5. The monoisotopic (exact) mass is 252 g/mol. The van der Waals surface area contributed by atoms with E-state index >= 15 is 0 Å². The van der Waals surface area contributed by atoms with Crippen LogP contribution in [0.5, 0.6) is 0 Å². The normalized spacial score (nSPS) is 23.3. The maximum Gasteiger partial charge on any atom is 0.401 e. The molecule has 1 heterocycles. The van der Waals surface area contributed by atoms with Gasteiger partial charge in [0, 0.05) is 6.54 Å². The maximum atomic E-state index is 12.3. The highest BCUT2D eigenvalue weighted by Gasteiger charge is 2.32. The molecule has 0 aromatic heterocycles. The van der Waals surface area contributed by atoms with Gasteiger partial charge in [0.25, 0.3) is 0 Å². The number of nitrogens with one attached hydrogen (secondary N) is 1. The van der Waals surface area contributed by atoms with Crippen molar-refractivity contribution in [3.8, 4) is 0 Å². The van der Waals surface area contributed by atoms with Crippen LogP contribution in [0.3, 0.4) is 0 Å². The van der Waals surface area contributed by atoms with Crippen LogP contribution in [0.4, 0.5) is 13.2 Å². The third-order valence-corrected chi connectivity index (χ3v) is 2.99. The highest BCUT2D eigenvalue weighted by molar-refractivity contribution is 4.76. The molecule has 2 nitrogen and oxygen atoms in total. The van der Waals surface area contributed by atoms with Crippen molar-refractivity contribution >= 4 is 0 Å². The number of halogens is 3. The Labute approximate surface area is 102 Å². The fourth-order valence-electron chi connectivity index (χ4n) is 2.29. The molecule has 1 rings (SSSR count). The average Bonchev–Trinajstić information content (AvgIpc) is 2.14. The summed E-state index contributed by atoms with van der Waals surface area (Å²) in [5.41, 5.74) is 0. The number of hydrogen-bond acceptors (Lipinski definition) is 2. The molecule has 0 aromatic carbocycles. The van der Waals surface area contributed by atoms with Crippen molar-refractivity contribution in [3.63, 3.8) is 0 Å². The van der Waals surface area contributed by atoms with Gasteiger partial charge in [-0.25, -0.2) is 0 Å². The van der Waals surface area contributed by atoms with Crippen LogP contribution < -0.4 is 5.32 Å². The van der Waals surface area contributed by atoms with Crippen LogP contribution in [0, 0.1) is 11.8 Å². The summed E-state index contributed by atoms with van der Waals surface area (Å²) in [6.45, 7) is 6.44. The van der Waals surface area contributed by atoms with Crippen LogP contribution >= 0.6 is 0 Å². The Morgan fingerprint density at radius 2 is 2.06 bits per heavy atom. The van der Waals surface area contributed by atoms with E-state index in [1.165, 1.54) is 4.90 Å². The SMILES string of the molecule is CC(C)CNCC1CCCN(CC(F)(F)F)C1. The van der Waals surface area contributed by atoms with Crippen molar-refractivity contribution < 1.29 is 13.2 Å². The average molecular weight is 252 g/mol. The van der Waals surface area contributed by atoms with Gasteiger partial charge in [0.2, 0.25) is 0 Å². The lowest BCUT2D eigenvalue weighted by Gasteiger charge is -2.33. The van der Waals surface area contributed by atoms with Gasteiger partial charge in [-0.05, 0) is 44.3 Å². The first-order chi connectivity index (χ1) is 7.87. The van der Waals surface area contributed by atoms with Gasteiger partial charge in [-0.1, -0.05) is 13.8 Å². The summed E-state index contributed by atoms with van der Waals surface area (Å²) in [4.78, 5) is 1.53. The molecule has 1 N–H and O–H groups in total. The molecule has 0 aliphatic carbocycles. The lowest BCUT2D eigenvalue weighted by Crippen LogP contribution is -2.44. The van der Waals surface area contributed by atoms with E-state index in [0.717, 1.165) is 25.9 Å². The Balaban J connectivity index is 2.24. The van der Waals surface area contributed by atoms with E-state index < -0.39 is 12.7 Å². The van der Waals surface area contributed by atoms with Gasteiger partial charge in [0.05, 0.1) is 6.54 Å². The van der Waals surface area contributed by atoms with E-state index in [2.05, 4.69) is 19.2 Å². The summed E-state index contributed by atoms with van der Waals surface area (Å²) < 4.78 is 36.8. The van der Waals surface area contributed by atoms with E-state index in [4.69, 9.17) is 0 Å². The molecule has 0 bridgehead atoms. The van der Waals surface area contributed by atoms with Crippen molar-refractivity contribution in [3.05, 3.63) is 0 Å². The molecular weight excluding hydrogens is 229 g/mol. The first kappa shape index (κ1) is 14.8. The maximum absolute atomic E-state index is 12.3. The molecule has 0 aromatic rings. The molecule has 5 heteroatoms. The molecule has 17 heavy (non-hydrogen) atoms. The smallest absolute Gasteiger partial charge is 0.316 e. The molecule has 0 amide bonds. The highest BCUT2D eigenvalue weighted by atomic mass is 19.4. The van der Waals surface area contributed by atoms with E-state index in [1.54, 1.807) is 0 Å². The van der Waals surface area contributed by atoms with Crippen molar-refractivity contribution in [2.45, 2.75) is 32.9 Å². The van der Waals surface area contributed by atoms with E-state index in [0.29, 0.717) is 24.9 Å². The summed E-state index contributed by atoms with van der Waals surface area (Å²) in [5, 5.41) is 3.33. The zero-order valence-electron chi connectivity index (χ0n) is 10.7. The predicted octanol–water partition coefficient (Wildman–Crippen LogP) is 2.51. The summed E-state index contributed by atoms with van der Waals surface area (Å²) >= 11 is 0. The highest BCUT2D eigenvalue weighted by Crippen LogP contribution is 2.21. The number of likely N-dealkylation sites (tertiary alicyclic amines) is 1. The number of piperidine rings is 1. The lowest BCUT2D eigenvalue weighted by molar-refractivity contribution is -0.149. The summed E-state index contributed by atoms with van der Waals surface area (Å²) in [5.74, 6) is 0.953. The first-order valence-electron chi connectivity index (χ1n) is 6.36. The second-order valence-corrected chi connectivity index (χ2v) is 5.41. The molecule has 0 radical (unpaired) electrons. The van der Waals surface area contributed by atoms with Crippen LogP contribution in [0.15, 0.2) is 0 Å². The minimum absolute atomic E-state index is 0.366. The second-order valence-electron chi connectivity index (χ2n) is 5.41. The predicted molar refractivity (Wildman–Crippen MR) is 62.9 cm³/mol. The molecule has 0 spiro atoms. The van der Waals surface area contributed by atoms with Gasteiger partial charge in [-0.3, -0.25) is 4.90 Å². The van der Waals surface area contributed by atoms with Crippen LogP contribution in [-0.2, 0) is 0 Å². The minimum Gasteiger partial charge on any atom is -0.316 e. The Morgan fingerprint density at radius 1 is 1.35 bits per heavy atom. The summed E-state index contributed by atoms with van der Waals surface area (Å²) in [6, 6.07) is 0. The molecule has 0 saturated carbocycles. The van der Waals surface area contributed by atoms with E-state index in [9.17, 15) is 13.2 Å². The third kappa shape index (κ3) is 6.88. The Hall–Kier alpha value is -0.290. The van der Waals surface area contributed by atoms with Gasteiger partial charge in [0.15, 0.2) is 0 Å². The lowest BCUT2D eigenvalue weighted by atomic mass is 9.98. The first-order valence-corrected chi connectivity index (χ1v) is 6.36. The standard InChI is InChI=1S/C12H23F3N2/c1-10(2)6-16-7-11-4-3-5-17(8-11)9-12(13,14)15/h10-11,16H,3-9H2,1-2H3. The Kier molecular flexibility index (Phi) is 5.73. The van der Waals surface area contributed by atoms with Crippen LogP contribution in [0.2, 0.25) is 0 Å². The molecule has 102 valence electrons. The molecule has 1 fully saturated rings. The number of hydrogen-bond donors (Lipinski definition) is 1. The fraction of sp³-hybridized carbons (Fsp3) is 1.00. The van der Waals surface area contributed by atoms with Gasteiger partial charge in [0.1, 0.15) is 0 Å². The molecule has 1 unspecified atom stereocenters. The quantitative estimate of drug-likeness (QED) is 0.808. The zero-order chi connectivity index (χ0) is 12.9. The zero-order valence-corrected chi connectivity index (χ0v) is 10.7. The van der Waals surface area contributed by atoms with Gasteiger partial charge < -0.3 is 5.32 Å². The van der Waals surface area contributed by atoms with Crippen molar-refractivity contribution in [2.24, 2.45) is 11.8 Å². The number of nitrogens with zero attached hydrogens (tertiary/aromatic N) is 1. The van der Waals surface area contributed by atoms with E-state index in [-0.39, 0.29) is 0 Å². The van der Waals surface area contributed by atoms with Crippen molar-refractivity contribution in [2.75, 3.05) is 32.7 Å².